The number of anilines is 1. The highest BCUT2D eigenvalue weighted by atomic mass is 79.9. The van der Waals surface area contributed by atoms with E-state index in [1.165, 1.54) is 11.3 Å². The Morgan fingerprint density at radius 2 is 2.11 bits per heavy atom. The molecule has 0 saturated heterocycles. The maximum atomic E-state index is 12.6. The van der Waals surface area contributed by atoms with Crippen LogP contribution < -0.4 is 14.8 Å². The number of nitrogens with zero attached hydrogens (tertiary/aromatic N) is 1. The first-order valence-electron chi connectivity index (χ1n) is 8.87. The van der Waals surface area contributed by atoms with Crippen LogP contribution >= 0.6 is 27.3 Å². The molecule has 146 valence electrons. The number of carbonyl (C=O) groups is 1. The van der Waals surface area contributed by atoms with Crippen molar-refractivity contribution >= 4 is 38.3 Å². The van der Waals surface area contributed by atoms with E-state index in [9.17, 15) is 4.79 Å². The second-order valence-electron chi connectivity index (χ2n) is 6.21. The SMILES string of the molecule is CCC(C)Oc1cccc(C(=O)Nc2nc(-c3ccc(OC)c(Br)c3)cs2)c1. The van der Waals surface area contributed by atoms with Crippen LogP contribution in [0.3, 0.4) is 0 Å². The van der Waals surface area contributed by atoms with E-state index in [0.717, 1.165) is 27.9 Å². The maximum Gasteiger partial charge on any atom is 0.257 e. The second kappa shape index (κ2) is 9.21. The molecule has 7 heteroatoms. The average molecular weight is 461 g/mol. The Labute approximate surface area is 176 Å². The zero-order valence-electron chi connectivity index (χ0n) is 15.9. The van der Waals surface area contributed by atoms with Crippen LogP contribution in [0.4, 0.5) is 5.13 Å². The van der Waals surface area contributed by atoms with Crippen LogP contribution in [-0.4, -0.2) is 24.1 Å². The van der Waals surface area contributed by atoms with Crippen LogP contribution in [0.2, 0.25) is 0 Å². The van der Waals surface area contributed by atoms with Gasteiger partial charge in [0.05, 0.1) is 23.4 Å². The van der Waals surface area contributed by atoms with Crippen LogP contribution in [0.5, 0.6) is 11.5 Å². The number of amides is 1. The monoisotopic (exact) mass is 460 g/mol. The Morgan fingerprint density at radius 3 is 2.82 bits per heavy atom. The number of methoxy groups -OCH3 is 1. The number of hydrogen-bond donors (Lipinski definition) is 1. The summed E-state index contributed by atoms with van der Waals surface area (Å²) in [5.74, 6) is 1.23. The van der Waals surface area contributed by atoms with E-state index in [1.54, 1.807) is 19.2 Å². The lowest BCUT2D eigenvalue weighted by Gasteiger charge is -2.13. The molecule has 1 N–H and O–H groups in total. The number of nitrogens with one attached hydrogen (secondary N) is 1. The van der Waals surface area contributed by atoms with Crippen molar-refractivity contribution in [3.63, 3.8) is 0 Å². The molecule has 0 aliphatic rings. The van der Waals surface area contributed by atoms with E-state index in [2.05, 4.69) is 33.2 Å². The minimum absolute atomic E-state index is 0.101. The van der Waals surface area contributed by atoms with Crippen molar-refractivity contribution < 1.29 is 14.3 Å². The van der Waals surface area contributed by atoms with Crippen molar-refractivity contribution in [2.75, 3.05) is 12.4 Å². The molecule has 5 nitrogen and oxygen atoms in total. The molecule has 0 aliphatic heterocycles. The van der Waals surface area contributed by atoms with Gasteiger partial charge in [0.25, 0.3) is 5.91 Å². The number of carbonyl (C=O) groups excluding carboxylic acids is 1. The average Bonchev–Trinajstić information content (AvgIpc) is 3.16. The van der Waals surface area contributed by atoms with Crippen molar-refractivity contribution in [3.05, 3.63) is 57.9 Å². The molecule has 1 unspecified atom stereocenters. The molecule has 1 amide bonds. The number of aromatic nitrogens is 1. The molecule has 1 atom stereocenters. The normalized spacial score (nSPS) is 11.7. The smallest absolute Gasteiger partial charge is 0.257 e. The van der Waals surface area contributed by atoms with Gasteiger partial charge in [-0.15, -0.1) is 11.3 Å². The molecule has 0 spiro atoms. The van der Waals surface area contributed by atoms with E-state index in [-0.39, 0.29) is 12.0 Å². The standard InChI is InChI=1S/C21H21BrN2O3S/c1-4-13(2)27-16-7-5-6-15(10-16)20(25)24-21-23-18(12-28-21)14-8-9-19(26-3)17(22)11-14/h5-13H,4H2,1-3H3,(H,23,24,25). The Bertz CT molecular complexity index is 974. The van der Waals surface area contributed by atoms with E-state index in [4.69, 9.17) is 9.47 Å². The fourth-order valence-corrected chi connectivity index (χ4v) is 3.74. The minimum atomic E-state index is -0.216. The first-order chi connectivity index (χ1) is 13.5. The number of benzene rings is 2. The van der Waals surface area contributed by atoms with Gasteiger partial charge in [-0.05, 0) is 65.7 Å². The Kier molecular flexibility index (Phi) is 6.70. The van der Waals surface area contributed by atoms with Crippen LogP contribution in [0.25, 0.3) is 11.3 Å². The summed E-state index contributed by atoms with van der Waals surface area (Å²) in [7, 11) is 1.62. The second-order valence-corrected chi connectivity index (χ2v) is 7.92. The molecule has 0 saturated carbocycles. The van der Waals surface area contributed by atoms with Crippen LogP contribution in [0.1, 0.15) is 30.6 Å². The zero-order valence-corrected chi connectivity index (χ0v) is 18.3. The summed E-state index contributed by atoms with van der Waals surface area (Å²) >= 11 is 4.86. The molecule has 2 aromatic carbocycles. The minimum Gasteiger partial charge on any atom is -0.496 e. The third-order valence-electron chi connectivity index (χ3n) is 4.18. The predicted octanol–water partition coefficient (Wildman–Crippen LogP) is 6.01. The van der Waals surface area contributed by atoms with Crippen LogP contribution in [0, 0.1) is 0 Å². The van der Waals surface area contributed by atoms with Crippen LogP contribution in [-0.2, 0) is 0 Å². The van der Waals surface area contributed by atoms with Crippen molar-refractivity contribution in [3.8, 4) is 22.8 Å². The number of halogens is 1. The van der Waals surface area contributed by atoms with E-state index < -0.39 is 0 Å². The fraction of sp³-hybridized carbons (Fsp3) is 0.238. The van der Waals surface area contributed by atoms with E-state index in [1.807, 2.05) is 42.6 Å². The third-order valence-corrected chi connectivity index (χ3v) is 5.56. The lowest BCUT2D eigenvalue weighted by molar-refractivity contribution is 0.102. The molecule has 1 aromatic heterocycles. The summed E-state index contributed by atoms with van der Waals surface area (Å²) in [6, 6.07) is 12.9. The van der Waals surface area contributed by atoms with Crippen molar-refractivity contribution in [1.82, 2.24) is 4.98 Å². The lowest BCUT2D eigenvalue weighted by atomic mass is 10.2. The number of rotatable bonds is 7. The molecule has 3 rings (SSSR count). The highest BCUT2D eigenvalue weighted by molar-refractivity contribution is 9.10. The van der Waals surface area contributed by atoms with Gasteiger partial charge in [-0.1, -0.05) is 13.0 Å². The van der Waals surface area contributed by atoms with E-state index >= 15 is 0 Å². The maximum absolute atomic E-state index is 12.6. The molecule has 0 bridgehead atoms. The van der Waals surface area contributed by atoms with Gasteiger partial charge in [0.15, 0.2) is 5.13 Å². The van der Waals surface area contributed by atoms with Crippen molar-refractivity contribution in [1.29, 1.82) is 0 Å². The first kappa shape index (κ1) is 20.4. The molecule has 1 heterocycles. The van der Waals surface area contributed by atoms with Gasteiger partial charge in [0, 0.05) is 16.5 Å². The quantitative estimate of drug-likeness (QED) is 0.468. The molecule has 0 radical (unpaired) electrons. The lowest BCUT2D eigenvalue weighted by Crippen LogP contribution is -2.13. The Hall–Kier alpha value is -2.38. The Balaban J connectivity index is 1.72. The van der Waals surface area contributed by atoms with Gasteiger partial charge in [-0.2, -0.15) is 0 Å². The fourth-order valence-electron chi connectivity index (χ4n) is 2.49. The third kappa shape index (κ3) is 4.91. The van der Waals surface area contributed by atoms with E-state index in [0.29, 0.717) is 16.4 Å². The van der Waals surface area contributed by atoms with Gasteiger partial charge in [-0.25, -0.2) is 4.98 Å². The number of hydrogen-bond acceptors (Lipinski definition) is 5. The predicted molar refractivity (Wildman–Crippen MR) is 117 cm³/mol. The topological polar surface area (TPSA) is 60.5 Å². The largest absolute Gasteiger partial charge is 0.496 e. The summed E-state index contributed by atoms with van der Waals surface area (Å²) in [5, 5.41) is 5.31. The molecular weight excluding hydrogens is 440 g/mol. The molecular formula is C21H21BrN2O3S. The highest BCUT2D eigenvalue weighted by Gasteiger charge is 2.12. The van der Waals surface area contributed by atoms with Crippen molar-refractivity contribution in [2.24, 2.45) is 0 Å². The number of thiazole rings is 1. The summed E-state index contributed by atoms with van der Waals surface area (Å²) in [6.45, 7) is 4.06. The van der Waals surface area contributed by atoms with Gasteiger partial charge in [-0.3, -0.25) is 10.1 Å². The summed E-state index contributed by atoms with van der Waals surface area (Å²) in [4.78, 5) is 17.1. The van der Waals surface area contributed by atoms with Gasteiger partial charge in [0.1, 0.15) is 11.5 Å². The van der Waals surface area contributed by atoms with Gasteiger partial charge in [0.2, 0.25) is 0 Å². The summed E-state index contributed by atoms with van der Waals surface area (Å²) < 4.78 is 11.9. The molecule has 28 heavy (non-hydrogen) atoms. The van der Waals surface area contributed by atoms with Crippen molar-refractivity contribution in [2.45, 2.75) is 26.4 Å². The van der Waals surface area contributed by atoms with Crippen LogP contribution in [0.15, 0.2) is 52.3 Å². The molecule has 3 aromatic rings. The number of ether oxygens (including phenoxy) is 2. The zero-order chi connectivity index (χ0) is 20.1. The first-order valence-corrected chi connectivity index (χ1v) is 10.5. The van der Waals surface area contributed by atoms with Gasteiger partial charge >= 0.3 is 0 Å². The summed E-state index contributed by atoms with van der Waals surface area (Å²) in [6.07, 6.45) is 1.00. The molecule has 0 aliphatic carbocycles. The van der Waals surface area contributed by atoms with Gasteiger partial charge < -0.3 is 9.47 Å². The summed E-state index contributed by atoms with van der Waals surface area (Å²) in [5.41, 5.74) is 2.26. The Morgan fingerprint density at radius 1 is 1.29 bits per heavy atom. The molecule has 0 fully saturated rings. The highest BCUT2D eigenvalue weighted by Crippen LogP contribution is 2.32.